The molecule has 2 aliphatic carbocycles. The summed E-state index contributed by atoms with van der Waals surface area (Å²) in [5.41, 5.74) is 5.88. The van der Waals surface area contributed by atoms with Gasteiger partial charge in [0.25, 0.3) is 0 Å². The second-order valence-electron chi connectivity index (χ2n) is 4.20. The molecule has 4 atom stereocenters. The van der Waals surface area contributed by atoms with Gasteiger partial charge in [0.2, 0.25) is 0 Å². The van der Waals surface area contributed by atoms with Crippen LogP contribution in [0, 0.1) is 17.8 Å². The first-order valence-corrected chi connectivity index (χ1v) is 4.53. The van der Waals surface area contributed by atoms with E-state index in [1.807, 2.05) is 0 Å². The van der Waals surface area contributed by atoms with E-state index in [1.54, 1.807) is 0 Å². The Hall–Kier alpha value is -0.0400. The molecule has 0 spiro atoms. The second-order valence-corrected chi connectivity index (χ2v) is 4.20. The molecule has 0 aromatic rings. The maximum atomic E-state index is 5.88. The largest absolute Gasteiger partial charge is 0.328 e. The Morgan fingerprint density at radius 2 is 2.10 bits per heavy atom. The zero-order valence-corrected chi connectivity index (χ0v) is 6.72. The molecule has 0 aliphatic heterocycles. The average Bonchev–Trinajstić information content (AvgIpc) is 2.44. The van der Waals surface area contributed by atoms with Gasteiger partial charge in [0, 0.05) is 6.04 Å². The molecule has 2 rings (SSSR count). The van der Waals surface area contributed by atoms with Crippen molar-refractivity contribution in [2.45, 2.75) is 38.6 Å². The van der Waals surface area contributed by atoms with Crippen molar-refractivity contribution in [3.63, 3.8) is 0 Å². The van der Waals surface area contributed by atoms with E-state index in [4.69, 9.17) is 5.73 Å². The van der Waals surface area contributed by atoms with Crippen LogP contribution in [0.2, 0.25) is 0 Å². The van der Waals surface area contributed by atoms with Crippen molar-refractivity contribution < 1.29 is 0 Å². The topological polar surface area (TPSA) is 26.0 Å². The minimum absolute atomic E-state index is 0.454. The lowest BCUT2D eigenvalue weighted by Crippen LogP contribution is -2.30. The molecule has 0 radical (unpaired) electrons. The highest BCUT2D eigenvalue weighted by atomic mass is 14.7. The second kappa shape index (κ2) is 2.23. The predicted molar refractivity (Wildman–Crippen MR) is 42.6 cm³/mol. The van der Waals surface area contributed by atoms with Crippen LogP contribution in [0.5, 0.6) is 0 Å². The number of nitrogens with two attached hydrogens (primary N) is 1. The smallest absolute Gasteiger partial charge is 0.00415 e. The van der Waals surface area contributed by atoms with Gasteiger partial charge in [-0.25, -0.2) is 0 Å². The summed E-state index contributed by atoms with van der Waals surface area (Å²) in [6.07, 6.45) is 5.89. The fraction of sp³-hybridized carbons (Fsp3) is 1.00. The monoisotopic (exact) mass is 139 g/mol. The molecule has 2 fully saturated rings. The lowest BCUT2D eigenvalue weighted by molar-refractivity contribution is 0.293. The van der Waals surface area contributed by atoms with Gasteiger partial charge in [-0.3, -0.25) is 0 Å². The summed E-state index contributed by atoms with van der Waals surface area (Å²) < 4.78 is 0. The number of hydrogen-bond acceptors (Lipinski definition) is 1. The number of hydrogen-bond donors (Lipinski definition) is 1. The zero-order chi connectivity index (χ0) is 7.14. The van der Waals surface area contributed by atoms with Gasteiger partial charge >= 0.3 is 0 Å². The van der Waals surface area contributed by atoms with Crippen LogP contribution >= 0.6 is 0 Å². The van der Waals surface area contributed by atoms with E-state index in [-0.39, 0.29) is 0 Å². The Kier molecular flexibility index (Phi) is 1.48. The van der Waals surface area contributed by atoms with E-state index < -0.39 is 0 Å². The van der Waals surface area contributed by atoms with Gasteiger partial charge in [-0.05, 0) is 43.9 Å². The van der Waals surface area contributed by atoms with E-state index in [0.717, 1.165) is 17.8 Å². The van der Waals surface area contributed by atoms with Gasteiger partial charge in [0.05, 0.1) is 0 Å². The van der Waals surface area contributed by atoms with Crippen LogP contribution in [0.3, 0.4) is 0 Å². The zero-order valence-electron chi connectivity index (χ0n) is 6.72. The Labute approximate surface area is 63.0 Å². The van der Waals surface area contributed by atoms with Crippen molar-refractivity contribution in [2.75, 3.05) is 0 Å². The summed E-state index contributed by atoms with van der Waals surface area (Å²) in [6, 6.07) is 0.454. The van der Waals surface area contributed by atoms with Crippen molar-refractivity contribution in [1.29, 1.82) is 0 Å². The summed E-state index contributed by atoms with van der Waals surface area (Å²) in [4.78, 5) is 0. The molecule has 0 unspecified atom stereocenters. The molecule has 10 heavy (non-hydrogen) atoms. The molecule has 58 valence electrons. The molecular formula is C9H17N. The maximum Gasteiger partial charge on any atom is 0.00415 e. The fourth-order valence-corrected chi connectivity index (χ4v) is 2.94. The summed E-state index contributed by atoms with van der Waals surface area (Å²) in [5.74, 6) is 2.93. The van der Waals surface area contributed by atoms with Gasteiger partial charge in [0.1, 0.15) is 0 Å². The molecule has 2 aliphatic rings. The first-order chi connectivity index (χ1) is 4.77. The van der Waals surface area contributed by atoms with Crippen LogP contribution in [0.15, 0.2) is 0 Å². The van der Waals surface area contributed by atoms with Gasteiger partial charge in [-0.15, -0.1) is 0 Å². The molecular weight excluding hydrogens is 122 g/mol. The van der Waals surface area contributed by atoms with Crippen LogP contribution in [0.4, 0.5) is 0 Å². The summed E-state index contributed by atoms with van der Waals surface area (Å²) >= 11 is 0. The highest BCUT2D eigenvalue weighted by molar-refractivity contribution is 4.92. The van der Waals surface area contributed by atoms with Crippen LogP contribution in [-0.2, 0) is 0 Å². The first kappa shape index (κ1) is 6.66. The predicted octanol–water partition coefficient (Wildman–Crippen LogP) is 1.77. The third-order valence-corrected chi connectivity index (χ3v) is 3.47. The molecule has 1 heteroatoms. The van der Waals surface area contributed by atoms with Crippen molar-refractivity contribution in [2.24, 2.45) is 23.5 Å². The summed E-state index contributed by atoms with van der Waals surface area (Å²) in [7, 11) is 0. The normalized spacial score (nSPS) is 48.0. The van der Waals surface area contributed by atoms with E-state index in [0.29, 0.717) is 6.04 Å². The highest BCUT2D eigenvalue weighted by Gasteiger charge is 2.40. The molecule has 2 N–H and O–H groups in total. The Bertz CT molecular complexity index is 131. The molecule has 0 aromatic carbocycles. The van der Waals surface area contributed by atoms with Crippen molar-refractivity contribution in [3.8, 4) is 0 Å². The van der Waals surface area contributed by atoms with Gasteiger partial charge in [-0.1, -0.05) is 6.42 Å². The lowest BCUT2D eigenvalue weighted by atomic mass is 9.84. The van der Waals surface area contributed by atoms with Crippen molar-refractivity contribution >= 4 is 0 Å². The molecule has 0 heterocycles. The Balaban J connectivity index is 2.02. The summed E-state index contributed by atoms with van der Waals surface area (Å²) in [6.45, 7) is 2.17. The van der Waals surface area contributed by atoms with E-state index in [9.17, 15) is 0 Å². The SMILES string of the molecule is C[C@@H](N)[C@@H]1C[C@H]2CC[C@@H]1C2. The van der Waals surface area contributed by atoms with Crippen LogP contribution in [0.1, 0.15) is 32.6 Å². The summed E-state index contributed by atoms with van der Waals surface area (Å²) in [5, 5.41) is 0. The van der Waals surface area contributed by atoms with Crippen LogP contribution < -0.4 is 5.73 Å². The minimum atomic E-state index is 0.454. The molecule has 0 amide bonds. The minimum Gasteiger partial charge on any atom is -0.328 e. The number of rotatable bonds is 1. The third-order valence-electron chi connectivity index (χ3n) is 3.47. The fourth-order valence-electron chi connectivity index (χ4n) is 2.94. The molecule has 0 aromatic heterocycles. The average molecular weight is 139 g/mol. The van der Waals surface area contributed by atoms with Crippen LogP contribution in [-0.4, -0.2) is 6.04 Å². The van der Waals surface area contributed by atoms with Crippen LogP contribution in [0.25, 0.3) is 0 Å². The quantitative estimate of drug-likeness (QED) is 0.588. The lowest BCUT2D eigenvalue weighted by Gasteiger charge is -2.24. The maximum absolute atomic E-state index is 5.88. The van der Waals surface area contributed by atoms with Gasteiger partial charge in [-0.2, -0.15) is 0 Å². The third kappa shape index (κ3) is 0.878. The molecule has 2 saturated carbocycles. The van der Waals surface area contributed by atoms with E-state index in [1.165, 1.54) is 25.7 Å². The van der Waals surface area contributed by atoms with E-state index >= 15 is 0 Å². The first-order valence-electron chi connectivity index (χ1n) is 4.53. The van der Waals surface area contributed by atoms with Crippen molar-refractivity contribution in [1.82, 2.24) is 0 Å². The van der Waals surface area contributed by atoms with Gasteiger partial charge in [0.15, 0.2) is 0 Å². The van der Waals surface area contributed by atoms with Gasteiger partial charge < -0.3 is 5.73 Å². The standard InChI is InChI=1S/C9H17N/c1-6(10)9-5-7-2-3-8(9)4-7/h6-9H,2-5,10H2,1H3/t6-,7+,8-,9+/m1/s1. The molecule has 0 saturated heterocycles. The van der Waals surface area contributed by atoms with E-state index in [2.05, 4.69) is 6.92 Å². The van der Waals surface area contributed by atoms with Crippen molar-refractivity contribution in [3.05, 3.63) is 0 Å². The highest BCUT2D eigenvalue weighted by Crippen LogP contribution is 2.49. The molecule has 2 bridgehead atoms. The molecule has 1 nitrogen and oxygen atoms in total. The Morgan fingerprint density at radius 3 is 2.40 bits per heavy atom. The Morgan fingerprint density at radius 1 is 1.30 bits per heavy atom. The number of fused-ring (bicyclic) bond motifs is 2.